The van der Waals surface area contributed by atoms with Crippen LogP contribution < -0.4 is 15.4 Å². The molecule has 0 aliphatic carbocycles. The second-order valence-corrected chi connectivity index (χ2v) is 5.05. The minimum Gasteiger partial charge on any atom is -0.492 e. The highest BCUT2D eigenvalue weighted by Gasteiger charge is 2.02. The molecule has 6 heteroatoms. The van der Waals surface area contributed by atoms with E-state index in [1.807, 2.05) is 13.0 Å². The SMILES string of the molecule is Cc1cc(OCCNC(=O)Nc2ccc(F)cc2)ccc1Cl. The van der Waals surface area contributed by atoms with Crippen LogP contribution in [-0.2, 0) is 0 Å². The van der Waals surface area contributed by atoms with E-state index < -0.39 is 0 Å². The van der Waals surface area contributed by atoms with Gasteiger partial charge in [-0.05, 0) is 55.0 Å². The van der Waals surface area contributed by atoms with Gasteiger partial charge in [0.15, 0.2) is 0 Å². The number of carbonyl (C=O) groups excluding carboxylic acids is 1. The number of hydrogen-bond donors (Lipinski definition) is 2. The van der Waals surface area contributed by atoms with E-state index >= 15 is 0 Å². The third-order valence-corrected chi connectivity index (χ3v) is 3.31. The van der Waals surface area contributed by atoms with E-state index in [0.29, 0.717) is 29.6 Å². The number of aryl methyl sites for hydroxylation is 1. The predicted molar refractivity (Wildman–Crippen MR) is 85.1 cm³/mol. The van der Waals surface area contributed by atoms with Crippen molar-refractivity contribution in [2.24, 2.45) is 0 Å². The van der Waals surface area contributed by atoms with Crippen molar-refractivity contribution >= 4 is 23.3 Å². The van der Waals surface area contributed by atoms with Crippen LogP contribution in [0.3, 0.4) is 0 Å². The van der Waals surface area contributed by atoms with Crippen LogP contribution >= 0.6 is 11.6 Å². The van der Waals surface area contributed by atoms with E-state index in [0.717, 1.165) is 5.56 Å². The highest BCUT2D eigenvalue weighted by Crippen LogP contribution is 2.20. The number of benzene rings is 2. The van der Waals surface area contributed by atoms with Gasteiger partial charge < -0.3 is 15.4 Å². The van der Waals surface area contributed by atoms with E-state index in [1.165, 1.54) is 24.3 Å². The summed E-state index contributed by atoms with van der Waals surface area (Å²) >= 11 is 5.93. The van der Waals surface area contributed by atoms with E-state index in [1.54, 1.807) is 12.1 Å². The average molecular weight is 323 g/mol. The van der Waals surface area contributed by atoms with Crippen molar-refractivity contribution in [2.45, 2.75) is 6.92 Å². The fraction of sp³-hybridized carbons (Fsp3) is 0.188. The summed E-state index contributed by atoms with van der Waals surface area (Å²) in [4.78, 5) is 11.6. The lowest BCUT2D eigenvalue weighted by Crippen LogP contribution is -2.32. The predicted octanol–water partition coefficient (Wildman–Crippen LogP) is 3.99. The molecule has 0 fully saturated rings. The summed E-state index contributed by atoms with van der Waals surface area (Å²) in [7, 11) is 0. The fourth-order valence-corrected chi connectivity index (χ4v) is 1.87. The Morgan fingerprint density at radius 3 is 2.64 bits per heavy atom. The smallest absolute Gasteiger partial charge is 0.319 e. The number of rotatable bonds is 5. The molecule has 2 aromatic carbocycles. The Morgan fingerprint density at radius 1 is 1.23 bits per heavy atom. The summed E-state index contributed by atoms with van der Waals surface area (Å²) in [5.41, 5.74) is 1.45. The second kappa shape index (κ2) is 7.66. The van der Waals surface area contributed by atoms with Crippen molar-refractivity contribution in [1.29, 1.82) is 0 Å². The number of ether oxygens (including phenoxy) is 1. The van der Waals surface area contributed by atoms with Crippen molar-refractivity contribution in [3.63, 3.8) is 0 Å². The number of hydrogen-bond acceptors (Lipinski definition) is 2. The molecule has 0 saturated heterocycles. The molecule has 0 unspecified atom stereocenters. The van der Waals surface area contributed by atoms with Crippen molar-refractivity contribution in [3.05, 3.63) is 58.9 Å². The monoisotopic (exact) mass is 322 g/mol. The van der Waals surface area contributed by atoms with Gasteiger partial charge in [-0.2, -0.15) is 0 Å². The minimum absolute atomic E-state index is 0.331. The van der Waals surface area contributed by atoms with Crippen molar-refractivity contribution in [1.82, 2.24) is 5.32 Å². The maximum Gasteiger partial charge on any atom is 0.319 e. The summed E-state index contributed by atoms with van der Waals surface area (Å²) < 4.78 is 18.2. The van der Waals surface area contributed by atoms with Gasteiger partial charge in [-0.25, -0.2) is 9.18 Å². The Hall–Kier alpha value is -2.27. The molecule has 0 aromatic heterocycles. The van der Waals surface area contributed by atoms with Crippen LogP contribution in [0.1, 0.15) is 5.56 Å². The van der Waals surface area contributed by atoms with Crippen LogP contribution in [-0.4, -0.2) is 19.2 Å². The summed E-state index contributed by atoms with van der Waals surface area (Å²) in [6.45, 7) is 2.57. The first-order valence-electron chi connectivity index (χ1n) is 6.74. The summed E-state index contributed by atoms with van der Waals surface area (Å²) in [5, 5.41) is 5.93. The molecular weight excluding hydrogens is 307 g/mol. The molecule has 0 aliphatic heterocycles. The molecule has 2 N–H and O–H groups in total. The lowest BCUT2D eigenvalue weighted by molar-refractivity contribution is 0.247. The molecular formula is C16H16ClFN2O2. The second-order valence-electron chi connectivity index (χ2n) is 4.65. The van der Waals surface area contributed by atoms with Crippen LogP contribution in [0, 0.1) is 12.7 Å². The Labute approximate surface area is 133 Å². The third-order valence-electron chi connectivity index (χ3n) is 2.89. The molecule has 0 heterocycles. The molecule has 4 nitrogen and oxygen atoms in total. The van der Waals surface area contributed by atoms with Crippen LogP contribution in [0.25, 0.3) is 0 Å². The largest absolute Gasteiger partial charge is 0.492 e. The first-order valence-corrected chi connectivity index (χ1v) is 7.12. The lowest BCUT2D eigenvalue weighted by atomic mass is 10.2. The van der Waals surface area contributed by atoms with Crippen molar-refractivity contribution in [2.75, 3.05) is 18.5 Å². The number of anilines is 1. The first-order chi connectivity index (χ1) is 10.5. The number of carbonyl (C=O) groups is 1. The van der Waals surface area contributed by atoms with Gasteiger partial charge in [0.2, 0.25) is 0 Å². The Kier molecular flexibility index (Phi) is 5.61. The molecule has 0 radical (unpaired) electrons. The standard InChI is InChI=1S/C16H16ClFN2O2/c1-11-10-14(6-7-15(11)17)22-9-8-19-16(21)20-13-4-2-12(18)3-5-13/h2-7,10H,8-9H2,1H3,(H2,19,20,21). The van der Waals surface area contributed by atoms with E-state index in [-0.39, 0.29) is 11.8 Å². The third kappa shape index (κ3) is 4.93. The summed E-state index contributed by atoms with van der Waals surface area (Å²) in [5.74, 6) is 0.347. The molecule has 0 atom stereocenters. The fourth-order valence-electron chi connectivity index (χ4n) is 1.75. The molecule has 0 bridgehead atoms. The topological polar surface area (TPSA) is 50.4 Å². The number of urea groups is 1. The summed E-state index contributed by atoms with van der Waals surface area (Å²) in [6, 6.07) is 10.5. The van der Waals surface area contributed by atoms with E-state index in [2.05, 4.69) is 10.6 Å². The van der Waals surface area contributed by atoms with Crippen LogP contribution in [0.2, 0.25) is 5.02 Å². The van der Waals surface area contributed by atoms with Gasteiger partial charge in [-0.3, -0.25) is 0 Å². The Morgan fingerprint density at radius 2 is 1.95 bits per heavy atom. The minimum atomic E-state index is -0.373. The normalized spacial score (nSPS) is 10.1. The van der Waals surface area contributed by atoms with Gasteiger partial charge in [0.05, 0.1) is 6.54 Å². The quantitative estimate of drug-likeness (QED) is 0.818. The molecule has 2 amide bonds. The summed E-state index contributed by atoms with van der Waals surface area (Å²) in [6.07, 6.45) is 0. The highest BCUT2D eigenvalue weighted by atomic mass is 35.5. The van der Waals surface area contributed by atoms with Gasteiger partial charge in [-0.1, -0.05) is 11.6 Å². The van der Waals surface area contributed by atoms with E-state index in [4.69, 9.17) is 16.3 Å². The molecule has 0 saturated carbocycles. The van der Waals surface area contributed by atoms with Crippen molar-refractivity contribution < 1.29 is 13.9 Å². The maximum atomic E-state index is 12.7. The van der Waals surface area contributed by atoms with Crippen LogP contribution in [0.4, 0.5) is 14.9 Å². The number of halogens is 2. The van der Waals surface area contributed by atoms with Gasteiger partial charge in [0, 0.05) is 10.7 Å². The van der Waals surface area contributed by atoms with E-state index in [9.17, 15) is 9.18 Å². The number of nitrogens with one attached hydrogen (secondary N) is 2. The maximum absolute atomic E-state index is 12.7. The Balaban J connectivity index is 1.70. The molecule has 2 rings (SSSR count). The van der Waals surface area contributed by atoms with Gasteiger partial charge in [0.1, 0.15) is 18.2 Å². The molecule has 22 heavy (non-hydrogen) atoms. The lowest BCUT2D eigenvalue weighted by Gasteiger charge is -2.10. The highest BCUT2D eigenvalue weighted by molar-refractivity contribution is 6.31. The molecule has 116 valence electrons. The van der Waals surface area contributed by atoms with Gasteiger partial charge in [-0.15, -0.1) is 0 Å². The van der Waals surface area contributed by atoms with Crippen LogP contribution in [0.15, 0.2) is 42.5 Å². The molecule has 2 aromatic rings. The number of amides is 2. The zero-order chi connectivity index (χ0) is 15.9. The first kappa shape index (κ1) is 16.1. The van der Waals surface area contributed by atoms with Gasteiger partial charge >= 0.3 is 6.03 Å². The van der Waals surface area contributed by atoms with Crippen molar-refractivity contribution in [3.8, 4) is 5.75 Å². The Bertz CT molecular complexity index is 647. The van der Waals surface area contributed by atoms with Crippen LogP contribution in [0.5, 0.6) is 5.75 Å². The van der Waals surface area contributed by atoms with Gasteiger partial charge in [0.25, 0.3) is 0 Å². The zero-order valence-corrected chi connectivity index (χ0v) is 12.8. The molecule has 0 spiro atoms. The molecule has 0 aliphatic rings. The zero-order valence-electron chi connectivity index (χ0n) is 12.0. The average Bonchev–Trinajstić information content (AvgIpc) is 2.49.